The van der Waals surface area contributed by atoms with Gasteiger partial charge in [0.15, 0.2) is 0 Å². The maximum absolute atomic E-state index is 6.09. The van der Waals surface area contributed by atoms with Crippen LogP contribution in [0.2, 0.25) is 5.02 Å². The van der Waals surface area contributed by atoms with Crippen LogP contribution in [0, 0.1) is 0 Å². The number of nitrogens with one attached hydrogen (secondary N) is 1. The molecule has 2 rings (SSSR count). The van der Waals surface area contributed by atoms with E-state index in [4.69, 9.17) is 27.9 Å². The van der Waals surface area contributed by atoms with Crippen molar-refractivity contribution in [1.29, 1.82) is 0 Å². The van der Waals surface area contributed by atoms with Gasteiger partial charge in [0, 0.05) is 36.2 Å². The number of benzene rings is 1. The van der Waals surface area contributed by atoms with Gasteiger partial charge in [0.25, 0.3) is 0 Å². The fraction of sp³-hybridized carbons (Fsp3) is 0.538. The molecule has 1 fully saturated rings. The van der Waals surface area contributed by atoms with E-state index < -0.39 is 0 Å². The summed E-state index contributed by atoms with van der Waals surface area (Å²) in [5.41, 5.74) is 1.20. The summed E-state index contributed by atoms with van der Waals surface area (Å²) in [6.45, 7) is 2.37. The molecule has 0 radical (unpaired) electrons. The van der Waals surface area contributed by atoms with Crippen LogP contribution in [0.25, 0.3) is 0 Å². The third-order valence-corrected chi connectivity index (χ3v) is 4.01. The van der Waals surface area contributed by atoms with Crippen LogP contribution in [-0.4, -0.2) is 24.6 Å². The summed E-state index contributed by atoms with van der Waals surface area (Å²) in [5, 5.41) is 4.33. The van der Waals surface area contributed by atoms with Gasteiger partial charge < -0.3 is 10.1 Å². The summed E-state index contributed by atoms with van der Waals surface area (Å²) in [7, 11) is 0. The summed E-state index contributed by atoms with van der Waals surface area (Å²) < 4.78 is 5.38. The van der Waals surface area contributed by atoms with Crippen molar-refractivity contribution in [3.63, 3.8) is 0 Å². The summed E-state index contributed by atoms with van der Waals surface area (Å²) in [6, 6.07) is 7.91. The highest BCUT2D eigenvalue weighted by Gasteiger charge is 2.30. The Balaban J connectivity index is 1.95. The SMILES string of the molecule is ClCC1(NCc2cccc(Cl)c2)CCOCC1. The molecule has 1 saturated heterocycles. The van der Waals surface area contributed by atoms with Gasteiger partial charge in [0.2, 0.25) is 0 Å². The van der Waals surface area contributed by atoms with Crippen molar-refractivity contribution in [2.24, 2.45) is 0 Å². The maximum atomic E-state index is 6.09. The number of alkyl halides is 1. The topological polar surface area (TPSA) is 21.3 Å². The Labute approximate surface area is 112 Å². The van der Waals surface area contributed by atoms with Crippen molar-refractivity contribution in [1.82, 2.24) is 5.32 Å². The second-order valence-corrected chi connectivity index (χ2v) is 5.21. The Kier molecular flexibility index (Phi) is 4.69. The number of hydrogen-bond acceptors (Lipinski definition) is 2. The summed E-state index contributed by atoms with van der Waals surface area (Å²) in [4.78, 5) is 0. The zero-order valence-corrected chi connectivity index (χ0v) is 11.2. The Morgan fingerprint density at radius 1 is 1.29 bits per heavy atom. The molecular formula is C13H17Cl2NO. The molecule has 2 nitrogen and oxygen atoms in total. The van der Waals surface area contributed by atoms with E-state index in [0.29, 0.717) is 5.88 Å². The van der Waals surface area contributed by atoms with Crippen LogP contribution in [0.4, 0.5) is 0 Å². The van der Waals surface area contributed by atoms with E-state index >= 15 is 0 Å². The van der Waals surface area contributed by atoms with Crippen LogP contribution in [-0.2, 0) is 11.3 Å². The van der Waals surface area contributed by atoms with Crippen LogP contribution in [0.5, 0.6) is 0 Å². The minimum atomic E-state index is 0.0160. The van der Waals surface area contributed by atoms with Crippen LogP contribution in [0.1, 0.15) is 18.4 Å². The quantitative estimate of drug-likeness (QED) is 0.851. The van der Waals surface area contributed by atoms with Crippen molar-refractivity contribution in [3.8, 4) is 0 Å². The number of halogens is 2. The van der Waals surface area contributed by atoms with Gasteiger partial charge >= 0.3 is 0 Å². The maximum Gasteiger partial charge on any atom is 0.0484 e. The molecule has 0 aliphatic carbocycles. The van der Waals surface area contributed by atoms with E-state index in [1.54, 1.807) is 0 Å². The van der Waals surface area contributed by atoms with Gasteiger partial charge in [-0.25, -0.2) is 0 Å². The van der Waals surface area contributed by atoms with E-state index in [1.807, 2.05) is 18.2 Å². The fourth-order valence-corrected chi connectivity index (χ4v) is 2.63. The molecule has 1 aliphatic rings. The molecule has 0 amide bonds. The van der Waals surface area contributed by atoms with Gasteiger partial charge in [-0.15, -0.1) is 11.6 Å². The highest BCUT2D eigenvalue weighted by atomic mass is 35.5. The first kappa shape index (κ1) is 13.2. The standard InChI is InChI=1S/C13H17Cl2NO/c14-10-13(4-6-17-7-5-13)16-9-11-2-1-3-12(15)8-11/h1-3,8,16H,4-7,9-10H2. The lowest BCUT2D eigenvalue weighted by Crippen LogP contribution is -2.50. The average Bonchev–Trinajstić information content (AvgIpc) is 2.38. The van der Waals surface area contributed by atoms with Gasteiger partial charge in [-0.1, -0.05) is 23.7 Å². The summed E-state index contributed by atoms with van der Waals surface area (Å²) >= 11 is 12.1. The van der Waals surface area contributed by atoms with Crippen molar-refractivity contribution in [2.75, 3.05) is 19.1 Å². The molecule has 0 saturated carbocycles. The number of rotatable bonds is 4. The van der Waals surface area contributed by atoms with Crippen LogP contribution >= 0.6 is 23.2 Å². The third-order valence-electron chi connectivity index (χ3n) is 3.26. The second kappa shape index (κ2) is 6.05. The van der Waals surface area contributed by atoms with Gasteiger partial charge in [0.1, 0.15) is 0 Å². The van der Waals surface area contributed by atoms with Gasteiger partial charge in [-0.3, -0.25) is 0 Å². The molecule has 0 atom stereocenters. The highest BCUT2D eigenvalue weighted by molar-refractivity contribution is 6.30. The molecule has 0 aromatic heterocycles. The molecule has 0 spiro atoms. The first-order valence-corrected chi connectivity index (χ1v) is 6.79. The van der Waals surface area contributed by atoms with E-state index in [0.717, 1.165) is 37.6 Å². The third kappa shape index (κ3) is 3.59. The van der Waals surface area contributed by atoms with Crippen molar-refractivity contribution in [2.45, 2.75) is 24.9 Å². The van der Waals surface area contributed by atoms with Gasteiger partial charge in [-0.05, 0) is 30.5 Å². The molecule has 0 bridgehead atoms. The smallest absolute Gasteiger partial charge is 0.0484 e. The zero-order valence-electron chi connectivity index (χ0n) is 9.72. The Morgan fingerprint density at radius 3 is 2.71 bits per heavy atom. The molecule has 94 valence electrons. The van der Waals surface area contributed by atoms with E-state index in [9.17, 15) is 0 Å². The Hall–Kier alpha value is -0.280. The van der Waals surface area contributed by atoms with Crippen molar-refractivity contribution < 1.29 is 4.74 Å². The Morgan fingerprint density at radius 2 is 2.06 bits per heavy atom. The molecule has 17 heavy (non-hydrogen) atoms. The molecule has 4 heteroatoms. The average molecular weight is 274 g/mol. The molecular weight excluding hydrogens is 257 g/mol. The normalized spacial score (nSPS) is 19.2. The van der Waals surface area contributed by atoms with Gasteiger partial charge in [-0.2, -0.15) is 0 Å². The lowest BCUT2D eigenvalue weighted by molar-refractivity contribution is 0.0459. The first-order valence-electron chi connectivity index (χ1n) is 5.87. The second-order valence-electron chi connectivity index (χ2n) is 4.51. The van der Waals surface area contributed by atoms with Crippen molar-refractivity contribution in [3.05, 3.63) is 34.9 Å². The van der Waals surface area contributed by atoms with Gasteiger partial charge in [0.05, 0.1) is 0 Å². The molecule has 1 aromatic rings. The van der Waals surface area contributed by atoms with Crippen LogP contribution in [0.3, 0.4) is 0 Å². The molecule has 1 aliphatic heterocycles. The summed E-state index contributed by atoms with van der Waals surface area (Å²) in [5.74, 6) is 0.622. The molecule has 1 N–H and O–H groups in total. The van der Waals surface area contributed by atoms with Crippen molar-refractivity contribution >= 4 is 23.2 Å². The monoisotopic (exact) mass is 273 g/mol. The number of ether oxygens (including phenoxy) is 1. The minimum absolute atomic E-state index is 0.0160. The predicted molar refractivity (Wildman–Crippen MR) is 71.8 cm³/mol. The van der Waals surface area contributed by atoms with Crippen LogP contribution in [0.15, 0.2) is 24.3 Å². The zero-order chi connectivity index (χ0) is 12.1. The molecule has 1 heterocycles. The Bertz CT molecular complexity index is 364. The highest BCUT2D eigenvalue weighted by Crippen LogP contribution is 2.23. The largest absolute Gasteiger partial charge is 0.381 e. The fourth-order valence-electron chi connectivity index (χ4n) is 2.06. The lowest BCUT2D eigenvalue weighted by Gasteiger charge is -2.36. The van der Waals surface area contributed by atoms with Crippen LogP contribution < -0.4 is 5.32 Å². The first-order chi connectivity index (χ1) is 8.24. The summed E-state index contributed by atoms with van der Waals surface area (Å²) in [6.07, 6.45) is 1.94. The lowest BCUT2D eigenvalue weighted by atomic mass is 9.92. The predicted octanol–water partition coefficient (Wildman–Crippen LogP) is 3.22. The van der Waals surface area contributed by atoms with E-state index in [-0.39, 0.29) is 5.54 Å². The number of hydrogen-bond donors (Lipinski definition) is 1. The molecule has 1 aromatic carbocycles. The minimum Gasteiger partial charge on any atom is -0.381 e. The van der Waals surface area contributed by atoms with E-state index in [2.05, 4.69) is 11.4 Å². The molecule has 0 unspecified atom stereocenters. The van der Waals surface area contributed by atoms with E-state index in [1.165, 1.54) is 5.56 Å².